The predicted octanol–water partition coefficient (Wildman–Crippen LogP) is 2.01. The Morgan fingerprint density at radius 3 is 2.71 bits per heavy atom. The van der Waals surface area contributed by atoms with Gasteiger partial charge in [0.15, 0.2) is 5.82 Å². The van der Waals surface area contributed by atoms with E-state index in [4.69, 9.17) is 0 Å². The minimum atomic E-state index is -0.0710. The second kappa shape index (κ2) is 4.49. The Hall–Kier alpha value is -1.97. The molecule has 2 rings (SSSR count). The van der Waals surface area contributed by atoms with Gasteiger partial charge in [-0.05, 0) is 38.0 Å². The maximum Gasteiger partial charge on any atom is 0.254 e. The molecule has 2 aromatic rings. The van der Waals surface area contributed by atoms with Crippen LogP contribution in [0.25, 0.3) is 11.5 Å². The molecule has 0 saturated heterocycles. The Labute approximate surface area is 99.8 Å². The summed E-state index contributed by atoms with van der Waals surface area (Å²) >= 11 is 0. The van der Waals surface area contributed by atoms with Gasteiger partial charge in [-0.15, -0.1) is 0 Å². The van der Waals surface area contributed by atoms with Gasteiger partial charge in [-0.25, -0.2) is 4.98 Å². The molecule has 2 aromatic heterocycles. The number of H-pyrrole nitrogens is 1. The van der Waals surface area contributed by atoms with Crippen LogP contribution < -0.4 is 5.56 Å². The molecule has 0 aliphatic rings. The highest BCUT2D eigenvalue weighted by molar-refractivity contribution is 5.50. The van der Waals surface area contributed by atoms with E-state index in [1.807, 2.05) is 32.9 Å². The Bertz CT molecular complexity index is 602. The number of aryl methyl sites for hydroxylation is 2. The van der Waals surface area contributed by atoms with Gasteiger partial charge in [-0.1, -0.05) is 6.92 Å². The highest BCUT2D eigenvalue weighted by Crippen LogP contribution is 2.12. The SMILES string of the molecule is CCc1c(C)nc(-c2cc(C)ccn2)[nH]c1=O. The highest BCUT2D eigenvalue weighted by atomic mass is 16.1. The smallest absolute Gasteiger partial charge is 0.254 e. The average molecular weight is 229 g/mol. The van der Waals surface area contributed by atoms with Crippen molar-refractivity contribution in [2.45, 2.75) is 27.2 Å². The predicted molar refractivity (Wildman–Crippen MR) is 66.9 cm³/mol. The summed E-state index contributed by atoms with van der Waals surface area (Å²) < 4.78 is 0. The van der Waals surface area contributed by atoms with Crippen LogP contribution in [0.1, 0.15) is 23.7 Å². The van der Waals surface area contributed by atoms with Gasteiger partial charge in [0.1, 0.15) is 5.69 Å². The lowest BCUT2D eigenvalue weighted by atomic mass is 10.2. The number of hydrogen-bond acceptors (Lipinski definition) is 3. The molecule has 0 radical (unpaired) electrons. The Morgan fingerprint density at radius 1 is 1.35 bits per heavy atom. The molecule has 0 unspecified atom stereocenters. The molecule has 88 valence electrons. The standard InChI is InChI=1S/C13H15N3O/c1-4-10-9(3)15-12(16-13(10)17)11-7-8(2)5-6-14-11/h5-7H,4H2,1-3H3,(H,15,16,17). The first kappa shape index (κ1) is 11.5. The third kappa shape index (κ3) is 2.25. The molecule has 0 amide bonds. The molecule has 17 heavy (non-hydrogen) atoms. The largest absolute Gasteiger partial charge is 0.305 e. The first-order chi connectivity index (χ1) is 8.11. The molecule has 0 aromatic carbocycles. The van der Waals surface area contributed by atoms with Crippen molar-refractivity contribution in [3.8, 4) is 11.5 Å². The summed E-state index contributed by atoms with van der Waals surface area (Å²) in [6, 6.07) is 3.82. The summed E-state index contributed by atoms with van der Waals surface area (Å²) in [6.07, 6.45) is 2.41. The maximum absolute atomic E-state index is 11.8. The topological polar surface area (TPSA) is 58.6 Å². The Morgan fingerprint density at radius 2 is 2.12 bits per heavy atom. The first-order valence-electron chi connectivity index (χ1n) is 5.64. The van der Waals surface area contributed by atoms with Gasteiger partial charge in [0.2, 0.25) is 0 Å². The fourth-order valence-corrected chi connectivity index (χ4v) is 1.81. The number of nitrogens with zero attached hydrogens (tertiary/aromatic N) is 2. The van der Waals surface area contributed by atoms with E-state index in [1.165, 1.54) is 0 Å². The van der Waals surface area contributed by atoms with E-state index in [1.54, 1.807) is 6.20 Å². The van der Waals surface area contributed by atoms with Crippen molar-refractivity contribution in [3.05, 3.63) is 45.5 Å². The summed E-state index contributed by atoms with van der Waals surface area (Å²) in [5.74, 6) is 0.536. The van der Waals surface area contributed by atoms with Crippen molar-refractivity contribution in [2.24, 2.45) is 0 Å². The van der Waals surface area contributed by atoms with Crippen LogP contribution in [0.2, 0.25) is 0 Å². The fourth-order valence-electron chi connectivity index (χ4n) is 1.81. The van der Waals surface area contributed by atoms with E-state index < -0.39 is 0 Å². The third-order valence-electron chi connectivity index (χ3n) is 2.73. The normalized spacial score (nSPS) is 10.5. The van der Waals surface area contributed by atoms with Gasteiger partial charge >= 0.3 is 0 Å². The lowest BCUT2D eigenvalue weighted by molar-refractivity contribution is 0.961. The van der Waals surface area contributed by atoms with Gasteiger partial charge < -0.3 is 4.98 Å². The average Bonchev–Trinajstić information content (AvgIpc) is 2.28. The fraction of sp³-hybridized carbons (Fsp3) is 0.308. The van der Waals surface area contributed by atoms with Crippen molar-refractivity contribution in [1.82, 2.24) is 15.0 Å². The molecule has 4 heteroatoms. The number of rotatable bonds is 2. The van der Waals surface area contributed by atoms with E-state index >= 15 is 0 Å². The molecule has 0 spiro atoms. The molecule has 0 aliphatic heterocycles. The number of nitrogens with one attached hydrogen (secondary N) is 1. The van der Waals surface area contributed by atoms with Crippen LogP contribution in [0.5, 0.6) is 0 Å². The van der Waals surface area contributed by atoms with Crippen LogP contribution in [0.15, 0.2) is 23.1 Å². The van der Waals surface area contributed by atoms with E-state index in [0.717, 1.165) is 16.8 Å². The zero-order valence-electron chi connectivity index (χ0n) is 10.2. The maximum atomic E-state index is 11.8. The number of aromatic nitrogens is 3. The summed E-state index contributed by atoms with van der Waals surface area (Å²) in [5.41, 5.74) is 3.23. The zero-order valence-corrected chi connectivity index (χ0v) is 10.2. The minimum absolute atomic E-state index is 0.0710. The van der Waals surface area contributed by atoms with Crippen molar-refractivity contribution >= 4 is 0 Å². The lowest BCUT2D eigenvalue weighted by Gasteiger charge is -2.05. The van der Waals surface area contributed by atoms with Gasteiger partial charge in [0.05, 0.1) is 0 Å². The molecule has 0 fully saturated rings. The van der Waals surface area contributed by atoms with Crippen LogP contribution in [0.3, 0.4) is 0 Å². The molecular formula is C13H15N3O. The number of aromatic amines is 1. The monoisotopic (exact) mass is 229 g/mol. The van der Waals surface area contributed by atoms with Crippen LogP contribution >= 0.6 is 0 Å². The van der Waals surface area contributed by atoms with Crippen LogP contribution in [0, 0.1) is 13.8 Å². The molecule has 0 bridgehead atoms. The summed E-state index contributed by atoms with van der Waals surface area (Å²) in [5, 5.41) is 0. The second-order valence-corrected chi connectivity index (χ2v) is 4.05. The quantitative estimate of drug-likeness (QED) is 0.857. The lowest BCUT2D eigenvalue weighted by Crippen LogP contribution is -2.17. The van der Waals surface area contributed by atoms with Crippen molar-refractivity contribution in [1.29, 1.82) is 0 Å². The second-order valence-electron chi connectivity index (χ2n) is 4.05. The van der Waals surface area contributed by atoms with Gasteiger partial charge in [0.25, 0.3) is 5.56 Å². The molecule has 2 heterocycles. The van der Waals surface area contributed by atoms with Crippen molar-refractivity contribution < 1.29 is 0 Å². The third-order valence-corrected chi connectivity index (χ3v) is 2.73. The minimum Gasteiger partial charge on any atom is -0.305 e. The van der Waals surface area contributed by atoms with Crippen LogP contribution in [-0.2, 0) is 6.42 Å². The van der Waals surface area contributed by atoms with Crippen LogP contribution in [-0.4, -0.2) is 15.0 Å². The van der Waals surface area contributed by atoms with E-state index in [-0.39, 0.29) is 5.56 Å². The van der Waals surface area contributed by atoms with E-state index in [2.05, 4.69) is 15.0 Å². The van der Waals surface area contributed by atoms with E-state index in [9.17, 15) is 4.79 Å². The zero-order chi connectivity index (χ0) is 12.4. The number of hydrogen-bond donors (Lipinski definition) is 1. The van der Waals surface area contributed by atoms with Gasteiger partial charge in [0, 0.05) is 17.5 Å². The summed E-state index contributed by atoms with van der Waals surface area (Å²) in [6.45, 7) is 5.79. The molecule has 0 aliphatic carbocycles. The molecule has 0 saturated carbocycles. The van der Waals surface area contributed by atoms with Gasteiger partial charge in [-0.3, -0.25) is 9.78 Å². The molecule has 0 atom stereocenters. The Balaban J connectivity index is 2.58. The number of pyridine rings is 1. The van der Waals surface area contributed by atoms with Crippen LogP contribution in [0.4, 0.5) is 0 Å². The van der Waals surface area contributed by atoms with Crippen molar-refractivity contribution in [2.75, 3.05) is 0 Å². The summed E-state index contributed by atoms with van der Waals surface area (Å²) in [4.78, 5) is 23.2. The van der Waals surface area contributed by atoms with Crippen molar-refractivity contribution in [3.63, 3.8) is 0 Å². The molecule has 4 nitrogen and oxygen atoms in total. The Kier molecular flexibility index (Phi) is 3.04. The summed E-state index contributed by atoms with van der Waals surface area (Å²) in [7, 11) is 0. The first-order valence-corrected chi connectivity index (χ1v) is 5.64. The van der Waals surface area contributed by atoms with E-state index in [0.29, 0.717) is 17.9 Å². The molecule has 1 N–H and O–H groups in total. The molecular weight excluding hydrogens is 214 g/mol. The highest BCUT2D eigenvalue weighted by Gasteiger charge is 2.08. The van der Waals surface area contributed by atoms with Gasteiger partial charge in [-0.2, -0.15) is 0 Å².